The van der Waals surface area contributed by atoms with Crippen molar-refractivity contribution in [2.24, 2.45) is 0 Å². The Balaban J connectivity index is 2.55. The number of aromatic nitrogens is 2. The Morgan fingerprint density at radius 2 is 2.14 bits per heavy atom. The van der Waals surface area contributed by atoms with Gasteiger partial charge >= 0.3 is 0 Å². The van der Waals surface area contributed by atoms with Crippen molar-refractivity contribution in [1.82, 2.24) is 9.78 Å². The number of nitrogens with two attached hydrogens (primary N) is 1. The molecule has 0 aliphatic rings. The maximum absolute atomic E-state index is 12.9. The van der Waals surface area contributed by atoms with Crippen LogP contribution in [0.2, 0.25) is 0 Å². The van der Waals surface area contributed by atoms with Crippen LogP contribution in [0.5, 0.6) is 0 Å². The third kappa shape index (κ3) is 1.46. The van der Waals surface area contributed by atoms with Gasteiger partial charge in [-0.25, -0.2) is 9.07 Å². The molecule has 0 bridgehead atoms. The predicted molar refractivity (Wildman–Crippen MR) is 52.7 cm³/mol. The Bertz CT molecular complexity index is 462. The van der Waals surface area contributed by atoms with Gasteiger partial charge in [0.25, 0.3) is 0 Å². The van der Waals surface area contributed by atoms with E-state index in [-0.39, 0.29) is 5.82 Å². The molecule has 2 rings (SSSR count). The third-order valence-electron chi connectivity index (χ3n) is 1.96. The summed E-state index contributed by atoms with van der Waals surface area (Å²) in [6.07, 6.45) is 1.75. The molecule has 0 aliphatic heterocycles. The standard InChI is InChI=1S/C10H10FN3/c1-7-4-5-14(13-7)10-6-8(11)2-3-9(10)12/h2-6H,12H2,1H3. The zero-order valence-electron chi connectivity index (χ0n) is 7.74. The maximum Gasteiger partial charge on any atom is 0.125 e. The molecule has 72 valence electrons. The summed E-state index contributed by atoms with van der Waals surface area (Å²) in [5.74, 6) is -0.317. The van der Waals surface area contributed by atoms with E-state index in [0.29, 0.717) is 11.4 Å². The highest BCUT2D eigenvalue weighted by Crippen LogP contribution is 2.17. The van der Waals surface area contributed by atoms with E-state index in [1.54, 1.807) is 10.9 Å². The highest BCUT2D eigenvalue weighted by molar-refractivity contribution is 5.57. The molecule has 0 amide bonds. The van der Waals surface area contributed by atoms with Crippen LogP contribution in [0.15, 0.2) is 30.5 Å². The minimum Gasteiger partial charge on any atom is -0.397 e. The highest BCUT2D eigenvalue weighted by Gasteiger charge is 2.04. The first-order valence-corrected chi connectivity index (χ1v) is 4.24. The lowest BCUT2D eigenvalue weighted by molar-refractivity contribution is 0.625. The van der Waals surface area contributed by atoms with E-state index in [2.05, 4.69) is 5.10 Å². The van der Waals surface area contributed by atoms with Crippen LogP contribution in [0.4, 0.5) is 10.1 Å². The minimum atomic E-state index is -0.317. The first kappa shape index (κ1) is 8.74. The van der Waals surface area contributed by atoms with Crippen molar-refractivity contribution in [2.75, 3.05) is 5.73 Å². The van der Waals surface area contributed by atoms with E-state index < -0.39 is 0 Å². The number of anilines is 1. The summed E-state index contributed by atoms with van der Waals surface area (Å²) in [6.45, 7) is 1.87. The molecule has 14 heavy (non-hydrogen) atoms. The van der Waals surface area contributed by atoms with Gasteiger partial charge in [0.1, 0.15) is 5.82 Å². The lowest BCUT2D eigenvalue weighted by Gasteiger charge is -2.04. The van der Waals surface area contributed by atoms with E-state index in [0.717, 1.165) is 5.69 Å². The van der Waals surface area contributed by atoms with Crippen molar-refractivity contribution in [3.63, 3.8) is 0 Å². The summed E-state index contributed by atoms with van der Waals surface area (Å²) in [7, 11) is 0. The van der Waals surface area contributed by atoms with Crippen LogP contribution in [-0.4, -0.2) is 9.78 Å². The number of hydrogen-bond donors (Lipinski definition) is 1. The summed E-state index contributed by atoms with van der Waals surface area (Å²) in [4.78, 5) is 0. The normalized spacial score (nSPS) is 10.4. The van der Waals surface area contributed by atoms with E-state index >= 15 is 0 Å². The Hall–Kier alpha value is -1.84. The molecule has 2 N–H and O–H groups in total. The van der Waals surface area contributed by atoms with E-state index in [4.69, 9.17) is 5.73 Å². The summed E-state index contributed by atoms with van der Waals surface area (Å²) in [5.41, 5.74) is 7.65. The topological polar surface area (TPSA) is 43.8 Å². The third-order valence-corrected chi connectivity index (χ3v) is 1.96. The molecule has 3 nitrogen and oxygen atoms in total. The molecule has 0 fully saturated rings. The van der Waals surface area contributed by atoms with E-state index in [9.17, 15) is 4.39 Å². The van der Waals surface area contributed by atoms with Gasteiger partial charge in [0.2, 0.25) is 0 Å². The largest absolute Gasteiger partial charge is 0.397 e. The molecule has 1 aromatic heterocycles. The van der Waals surface area contributed by atoms with Crippen LogP contribution in [0, 0.1) is 12.7 Å². The van der Waals surface area contributed by atoms with Gasteiger partial charge in [0.05, 0.1) is 17.1 Å². The Labute approximate surface area is 81.0 Å². The van der Waals surface area contributed by atoms with Crippen LogP contribution < -0.4 is 5.73 Å². The number of nitrogens with zero attached hydrogens (tertiary/aromatic N) is 2. The second kappa shape index (κ2) is 3.14. The molecule has 0 spiro atoms. The number of nitrogen functional groups attached to an aromatic ring is 1. The van der Waals surface area contributed by atoms with Crippen LogP contribution in [0.25, 0.3) is 5.69 Å². The molecule has 1 heterocycles. The number of rotatable bonds is 1. The smallest absolute Gasteiger partial charge is 0.125 e. The van der Waals surface area contributed by atoms with Crippen molar-refractivity contribution in [1.29, 1.82) is 0 Å². The molecule has 0 saturated carbocycles. The van der Waals surface area contributed by atoms with Crippen LogP contribution in [0.3, 0.4) is 0 Å². The number of aryl methyl sites for hydroxylation is 1. The predicted octanol–water partition coefficient (Wildman–Crippen LogP) is 1.90. The zero-order chi connectivity index (χ0) is 10.1. The molecule has 0 aliphatic carbocycles. The average molecular weight is 191 g/mol. The van der Waals surface area contributed by atoms with Gasteiger partial charge in [-0.3, -0.25) is 0 Å². The van der Waals surface area contributed by atoms with Gasteiger partial charge in [0, 0.05) is 12.3 Å². The van der Waals surface area contributed by atoms with Gasteiger partial charge in [0.15, 0.2) is 0 Å². The second-order valence-corrected chi connectivity index (χ2v) is 3.10. The fraction of sp³-hybridized carbons (Fsp3) is 0.100. The lowest BCUT2D eigenvalue weighted by Crippen LogP contribution is -2.01. The first-order chi connectivity index (χ1) is 6.66. The van der Waals surface area contributed by atoms with Gasteiger partial charge in [-0.1, -0.05) is 0 Å². The molecule has 0 radical (unpaired) electrons. The van der Waals surface area contributed by atoms with Crippen molar-refractivity contribution >= 4 is 5.69 Å². The van der Waals surface area contributed by atoms with E-state index in [1.165, 1.54) is 18.2 Å². The minimum absolute atomic E-state index is 0.317. The number of benzene rings is 1. The van der Waals surface area contributed by atoms with Gasteiger partial charge in [-0.15, -0.1) is 0 Å². The van der Waals surface area contributed by atoms with Gasteiger partial charge < -0.3 is 5.73 Å². The molecule has 0 unspecified atom stereocenters. The quantitative estimate of drug-likeness (QED) is 0.699. The zero-order valence-corrected chi connectivity index (χ0v) is 7.74. The fourth-order valence-electron chi connectivity index (χ4n) is 1.26. The van der Waals surface area contributed by atoms with Crippen molar-refractivity contribution in [3.05, 3.63) is 42.0 Å². The molecule has 2 aromatic rings. The lowest BCUT2D eigenvalue weighted by atomic mass is 10.2. The molecule has 4 heteroatoms. The molecular formula is C10H10FN3. The number of hydrogen-bond acceptors (Lipinski definition) is 2. The first-order valence-electron chi connectivity index (χ1n) is 4.24. The molecular weight excluding hydrogens is 181 g/mol. The summed E-state index contributed by atoms with van der Waals surface area (Å²) in [6, 6.07) is 6.06. The fourth-order valence-corrected chi connectivity index (χ4v) is 1.26. The Morgan fingerprint density at radius 1 is 1.36 bits per heavy atom. The maximum atomic E-state index is 12.9. The molecule has 0 saturated heterocycles. The van der Waals surface area contributed by atoms with Gasteiger partial charge in [-0.05, 0) is 25.1 Å². The summed E-state index contributed by atoms with van der Waals surface area (Å²) < 4.78 is 14.5. The van der Waals surface area contributed by atoms with Crippen molar-refractivity contribution < 1.29 is 4.39 Å². The van der Waals surface area contributed by atoms with Gasteiger partial charge in [-0.2, -0.15) is 5.10 Å². The van der Waals surface area contributed by atoms with Crippen LogP contribution in [-0.2, 0) is 0 Å². The van der Waals surface area contributed by atoms with Crippen LogP contribution >= 0.6 is 0 Å². The Morgan fingerprint density at radius 3 is 2.79 bits per heavy atom. The summed E-state index contributed by atoms with van der Waals surface area (Å²) in [5, 5.41) is 4.15. The average Bonchev–Trinajstić information content (AvgIpc) is 2.56. The van der Waals surface area contributed by atoms with Crippen LogP contribution in [0.1, 0.15) is 5.69 Å². The van der Waals surface area contributed by atoms with Crippen molar-refractivity contribution in [2.45, 2.75) is 6.92 Å². The Kier molecular flexibility index (Phi) is 1.96. The monoisotopic (exact) mass is 191 g/mol. The molecule has 1 aromatic carbocycles. The second-order valence-electron chi connectivity index (χ2n) is 3.10. The number of halogens is 1. The summed E-state index contributed by atoms with van der Waals surface area (Å²) >= 11 is 0. The highest BCUT2D eigenvalue weighted by atomic mass is 19.1. The van der Waals surface area contributed by atoms with E-state index in [1.807, 2.05) is 13.0 Å². The SMILES string of the molecule is Cc1ccn(-c2cc(F)ccc2N)n1. The van der Waals surface area contributed by atoms with Crippen molar-refractivity contribution in [3.8, 4) is 5.69 Å². The molecule has 0 atom stereocenters.